The Hall–Kier alpha value is -1.55. The molecule has 1 heterocycles. The van der Waals surface area contributed by atoms with E-state index in [1.807, 2.05) is 12.1 Å². The van der Waals surface area contributed by atoms with Crippen molar-refractivity contribution in [1.82, 2.24) is 15.4 Å². The standard InChI is InChI=1S/C8H7ClN4/c9-6-3-1-5(2-4-6)7-8(10)12-13-11-7/h1-4H,(H3,10,11,12,13). The number of aromatic nitrogens is 3. The Bertz CT molecular complexity index is 406. The van der Waals surface area contributed by atoms with Gasteiger partial charge in [0, 0.05) is 10.6 Å². The largest absolute Gasteiger partial charge is 0.380 e. The van der Waals surface area contributed by atoms with Gasteiger partial charge in [-0.15, -0.1) is 5.10 Å². The van der Waals surface area contributed by atoms with Crippen LogP contribution in [-0.4, -0.2) is 15.4 Å². The topological polar surface area (TPSA) is 67.6 Å². The number of nitrogen functional groups attached to an aromatic ring is 1. The van der Waals surface area contributed by atoms with Crippen molar-refractivity contribution in [2.24, 2.45) is 0 Å². The third kappa shape index (κ3) is 1.48. The van der Waals surface area contributed by atoms with Crippen molar-refractivity contribution in [2.45, 2.75) is 0 Å². The number of aromatic amines is 1. The molecule has 2 aromatic rings. The second-order valence-electron chi connectivity index (χ2n) is 2.56. The number of nitrogens with one attached hydrogen (secondary N) is 1. The summed E-state index contributed by atoms with van der Waals surface area (Å²) in [6.45, 7) is 0. The van der Waals surface area contributed by atoms with Gasteiger partial charge in [-0.05, 0) is 12.1 Å². The molecule has 5 heteroatoms. The molecule has 1 aromatic carbocycles. The highest BCUT2D eigenvalue weighted by Crippen LogP contribution is 2.22. The van der Waals surface area contributed by atoms with E-state index in [9.17, 15) is 0 Å². The van der Waals surface area contributed by atoms with Gasteiger partial charge in [0.25, 0.3) is 0 Å². The van der Waals surface area contributed by atoms with Gasteiger partial charge in [-0.2, -0.15) is 10.3 Å². The van der Waals surface area contributed by atoms with Crippen LogP contribution < -0.4 is 5.73 Å². The monoisotopic (exact) mass is 194 g/mol. The van der Waals surface area contributed by atoms with Crippen molar-refractivity contribution in [3.8, 4) is 11.3 Å². The number of anilines is 1. The maximum Gasteiger partial charge on any atom is 0.173 e. The third-order valence-corrected chi connectivity index (χ3v) is 1.94. The number of halogens is 1. The van der Waals surface area contributed by atoms with E-state index in [0.29, 0.717) is 16.5 Å². The molecule has 0 aliphatic heterocycles. The van der Waals surface area contributed by atoms with Gasteiger partial charge in [-0.25, -0.2) is 0 Å². The predicted octanol–water partition coefficient (Wildman–Crippen LogP) is 1.71. The number of nitrogens with zero attached hydrogens (tertiary/aromatic N) is 2. The quantitative estimate of drug-likeness (QED) is 0.726. The van der Waals surface area contributed by atoms with E-state index in [1.54, 1.807) is 12.1 Å². The van der Waals surface area contributed by atoms with Crippen LogP contribution in [0.3, 0.4) is 0 Å². The lowest BCUT2D eigenvalue weighted by Crippen LogP contribution is -1.87. The summed E-state index contributed by atoms with van der Waals surface area (Å²) in [4.78, 5) is 0. The van der Waals surface area contributed by atoms with Gasteiger partial charge in [-0.3, -0.25) is 0 Å². The molecule has 4 nitrogen and oxygen atoms in total. The minimum Gasteiger partial charge on any atom is -0.380 e. The Morgan fingerprint density at radius 3 is 2.38 bits per heavy atom. The number of H-pyrrole nitrogens is 1. The van der Waals surface area contributed by atoms with Crippen LogP contribution in [0.25, 0.3) is 11.3 Å². The first-order valence-electron chi connectivity index (χ1n) is 3.69. The van der Waals surface area contributed by atoms with Crippen LogP contribution in [0.5, 0.6) is 0 Å². The number of hydrogen-bond acceptors (Lipinski definition) is 3. The molecule has 0 fully saturated rings. The molecule has 0 aliphatic rings. The van der Waals surface area contributed by atoms with E-state index in [0.717, 1.165) is 5.56 Å². The van der Waals surface area contributed by atoms with E-state index in [2.05, 4.69) is 15.4 Å². The smallest absolute Gasteiger partial charge is 0.173 e. The summed E-state index contributed by atoms with van der Waals surface area (Å²) in [5.41, 5.74) is 7.12. The van der Waals surface area contributed by atoms with Gasteiger partial charge < -0.3 is 5.73 Å². The van der Waals surface area contributed by atoms with Crippen LogP contribution >= 0.6 is 11.6 Å². The molecule has 0 atom stereocenters. The zero-order chi connectivity index (χ0) is 9.26. The van der Waals surface area contributed by atoms with E-state index in [-0.39, 0.29) is 0 Å². The fourth-order valence-electron chi connectivity index (χ4n) is 1.06. The average molecular weight is 195 g/mol. The summed E-state index contributed by atoms with van der Waals surface area (Å²) in [5.74, 6) is 0.391. The number of rotatable bonds is 1. The Morgan fingerprint density at radius 1 is 1.15 bits per heavy atom. The van der Waals surface area contributed by atoms with Gasteiger partial charge in [-0.1, -0.05) is 23.7 Å². The molecule has 0 radical (unpaired) electrons. The zero-order valence-electron chi connectivity index (χ0n) is 6.66. The first-order valence-corrected chi connectivity index (χ1v) is 4.07. The van der Waals surface area contributed by atoms with Gasteiger partial charge in [0.05, 0.1) is 0 Å². The summed E-state index contributed by atoms with van der Waals surface area (Å²) in [5, 5.41) is 10.8. The Balaban J connectivity index is 2.47. The van der Waals surface area contributed by atoms with Crippen molar-refractivity contribution >= 4 is 17.4 Å². The SMILES string of the molecule is Nc1n[nH]nc1-c1ccc(Cl)cc1. The average Bonchev–Trinajstić information content (AvgIpc) is 2.53. The minimum absolute atomic E-state index is 0.391. The van der Waals surface area contributed by atoms with Crippen LogP contribution in [-0.2, 0) is 0 Å². The highest BCUT2D eigenvalue weighted by Gasteiger charge is 2.05. The third-order valence-electron chi connectivity index (χ3n) is 1.69. The fraction of sp³-hybridized carbons (Fsp3) is 0. The maximum atomic E-state index is 5.74. The molecule has 0 spiro atoms. The normalized spacial score (nSPS) is 10.2. The zero-order valence-corrected chi connectivity index (χ0v) is 7.42. The minimum atomic E-state index is 0.391. The molecular formula is C8H7ClN4. The van der Waals surface area contributed by atoms with Crippen molar-refractivity contribution in [3.05, 3.63) is 29.3 Å². The van der Waals surface area contributed by atoms with Gasteiger partial charge in [0.15, 0.2) is 5.82 Å². The van der Waals surface area contributed by atoms with Crippen LogP contribution in [0.2, 0.25) is 5.02 Å². The first-order chi connectivity index (χ1) is 6.27. The van der Waals surface area contributed by atoms with E-state index < -0.39 is 0 Å². The lowest BCUT2D eigenvalue weighted by molar-refractivity contribution is 0.945. The van der Waals surface area contributed by atoms with E-state index >= 15 is 0 Å². The van der Waals surface area contributed by atoms with Crippen LogP contribution in [0, 0.1) is 0 Å². The summed E-state index contributed by atoms with van der Waals surface area (Å²) < 4.78 is 0. The first kappa shape index (κ1) is 8.07. The Kier molecular flexibility index (Phi) is 1.90. The fourth-order valence-corrected chi connectivity index (χ4v) is 1.19. The van der Waals surface area contributed by atoms with Crippen molar-refractivity contribution in [2.75, 3.05) is 5.73 Å². The van der Waals surface area contributed by atoms with Gasteiger partial charge in [0.2, 0.25) is 0 Å². The van der Waals surface area contributed by atoms with Crippen LogP contribution in [0.1, 0.15) is 0 Å². The molecule has 0 bridgehead atoms. The van der Waals surface area contributed by atoms with Gasteiger partial charge in [0.1, 0.15) is 5.69 Å². The van der Waals surface area contributed by atoms with Crippen molar-refractivity contribution in [3.63, 3.8) is 0 Å². The highest BCUT2D eigenvalue weighted by molar-refractivity contribution is 6.30. The summed E-state index contributed by atoms with van der Waals surface area (Å²) >= 11 is 5.74. The number of nitrogens with two attached hydrogens (primary N) is 1. The molecular weight excluding hydrogens is 188 g/mol. The second kappa shape index (κ2) is 3.06. The Morgan fingerprint density at radius 2 is 1.85 bits per heavy atom. The molecule has 3 N–H and O–H groups in total. The lowest BCUT2D eigenvalue weighted by Gasteiger charge is -1.96. The highest BCUT2D eigenvalue weighted by atomic mass is 35.5. The molecule has 0 amide bonds. The van der Waals surface area contributed by atoms with E-state index in [4.69, 9.17) is 17.3 Å². The molecule has 2 rings (SSSR count). The Labute approximate surface area is 79.7 Å². The molecule has 1 aromatic heterocycles. The molecule has 0 saturated heterocycles. The molecule has 0 saturated carbocycles. The number of hydrogen-bond donors (Lipinski definition) is 2. The maximum absolute atomic E-state index is 5.74. The summed E-state index contributed by atoms with van der Waals surface area (Å²) in [7, 11) is 0. The molecule has 0 unspecified atom stereocenters. The molecule has 13 heavy (non-hydrogen) atoms. The summed E-state index contributed by atoms with van der Waals surface area (Å²) in [6, 6.07) is 7.25. The molecule has 66 valence electrons. The van der Waals surface area contributed by atoms with Crippen LogP contribution in [0.15, 0.2) is 24.3 Å². The lowest BCUT2D eigenvalue weighted by atomic mass is 10.1. The molecule has 0 aliphatic carbocycles. The second-order valence-corrected chi connectivity index (χ2v) is 3.00. The predicted molar refractivity (Wildman–Crippen MR) is 51.2 cm³/mol. The number of benzene rings is 1. The van der Waals surface area contributed by atoms with Gasteiger partial charge >= 0.3 is 0 Å². The van der Waals surface area contributed by atoms with Crippen molar-refractivity contribution in [1.29, 1.82) is 0 Å². The van der Waals surface area contributed by atoms with Crippen molar-refractivity contribution < 1.29 is 0 Å². The summed E-state index contributed by atoms with van der Waals surface area (Å²) in [6.07, 6.45) is 0. The van der Waals surface area contributed by atoms with Crippen LogP contribution in [0.4, 0.5) is 5.82 Å². The van der Waals surface area contributed by atoms with E-state index in [1.165, 1.54) is 0 Å².